The van der Waals surface area contributed by atoms with Crippen LogP contribution in [-0.4, -0.2) is 34.1 Å². The number of aromatic carboxylic acids is 1. The van der Waals surface area contributed by atoms with Crippen LogP contribution in [0.25, 0.3) is 10.9 Å². The van der Waals surface area contributed by atoms with Crippen molar-refractivity contribution in [2.75, 3.05) is 11.4 Å². The van der Waals surface area contributed by atoms with E-state index in [2.05, 4.69) is 5.32 Å². The van der Waals surface area contributed by atoms with Crippen LogP contribution in [0, 0.1) is 0 Å². The van der Waals surface area contributed by atoms with E-state index in [1.807, 2.05) is 0 Å². The fourth-order valence-electron chi connectivity index (χ4n) is 2.58. The normalized spacial score (nSPS) is 15.4. The average Bonchev–Trinajstić information content (AvgIpc) is 2.77. The summed E-state index contributed by atoms with van der Waals surface area (Å²) in [5.74, 6) is -1.33. The Labute approximate surface area is 119 Å². The van der Waals surface area contributed by atoms with Gasteiger partial charge in [0, 0.05) is 25.4 Å². The molecular formula is C14H13N3O4. The van der Waals surface area contributed by atoms with Crippen LogP contribution in [-0.2, 0) is 11.8 Å². The largest absolute Gasteiger partial charge is 0.477 e. The SMILES string of the molecule is Cn1c(C(=O)O)cc2c(N3CCC(=O)NC3=O)cccc21. The number of carbonyl (C=O) groups excluding carboxylic acids is 2. The fraction of sp³-hybridized carbons (Fsp3) is 0.214. The van der Waals surface area contributed by atoms with E-state index in [1.165, 1.54) is 11.0 Å². The molecule has 1 aromatic carbocycles. The highest BCUT2D eigenvalue weighted by Gasteiger charge is 2.26. The molecule has 0 bridgehead atoms. The highest BCUT2D eigenvalue weighted by Crippen LogP contribution is 2.30. The van der Waals surface area contributed by atoms with E-state index in [0.29, 0.717) is 11.1 Å². The molecule has 0 spiro atoms. The predicted molar refractivity (Wildman–Crippen MR) is 75.4 cm³/mol. The van der Waals surface area contributed by atoms with Crippen molar-refractivity contribution >= 4 is 34.5 Å². The Balaban J connectivity index is 2.15. The molecule has 0 atom stereocenters. The number of amides is 3. The van der Waals surface area contributed by atoms with Crippen molar-refractivity contribution in [1.29, 1.82) is 0 Å². The van der Waals surface area contributed by atoms with Gasteiger partial charge in [-0.25, -0.2) is 9.59 Å². The molecule has 3 rings (SSSR count). The number of imide groups is 1. The lowest BCUT2D eigenvalue weighted by atomic mass is 10.1. The van der Waals surface area contributed by atoms with Crippen LogP contribution in [0.4, 0.5) is 10.5 Å². The summed E-state index contributed by atoms with van der Waals surface area (Å²) < 4.78 is 1.56. The average molecular weight is 287 g/mol. The van der Waals surface area contributed by atoms with Gasteiger partial charge in [0.1, 0.15) is 5.69 Å². The van der Waals surface area contributed by atoms with E-state index in [1.54, 1.807) is 29.8 Å². The van der Waals surface area contributed by atoms with Crippen molar-refractivity contribution in [1.82, 2.24) is 9.88 Å². The van der Waals surface area contributed by atoms with Gasteiger partial charge in [-0.2, -0.15) is 0 Å². The minimum absolute atomic E-state index is 0.144. The number of carbonyl (C=O) groups is 3. The van der Waals surface area contributed by atoms with E-state index in [0.717, 1.165) is 5.52 Å². The fourth-order valence-corrected chi connectivity index (χ4v) is 2.58. The summed E-state index contributed by atoms with van der Waals surface area (Å²) in [5, 5.41) is 12.1. The highest BCUT2D eigenvalue weighted by atomic mass is 16.4. The number of urea groups is 1. The molecule has 7 nitrogen and oxygen atoms in total. The molecule has 1 saturated heterocycles. The van der Waals surface area contributed by atoms with Gasteiger partial charge in [0.2, 0.25) is 5.91 Å². The van der Waals surface area contributed by atoms with Gasteiger partial charge >= 0.3 is 12.0 Å². The van der Waals surface area contributed by atoms with Gasteiger partial charge in [-0.1, -0.05) is 6.07 Å². The molecule has 0 unspecified atom stereocenters. The number of carboxylic acids is 1. The van der Waals surface area contributed by atoms with Crippen LogP contribution in [0.5, 0.6) is 0 Å². The number of rotatable bonds is 2. The molecule has 2 aromatic rings. The van der Waals surface area contributed by atoms with E-state index >= 15 is 0 Å². The topological polar surface area (TPSA) is 91.6 Å². The van der Waals surface area contributed by atoms with E-state index in [9.17, 15) is 19.5 Å². The molecule has 2 N–H and O–H groups in total. The zero-order valence-electron chi connectivity index (χ0n) is 11.3. The molecule has 7 heteroatoms. The molecule has 21 heavy (non-hydrogen) atoms. The third kappa shape index (κ3) is 2.03. The molecule has 1 aliphatic heterocycles. The number of nitrogens with one attached hydrogen (secondary N) is 1. The summed E-state index contributed by atoms with van der Waals surface area (Å²) in [6, 6.07) is 6.34. The van der Waals surface area contributed by atoms with Crippen molar-refractivity contribution in [2.24, 2.45) is 7.05 Å². The smallest absolute Gasteiger partial charge is 0.352 e. The molecule has 1 fully saturated rings. The second kappa shape index (κ2) is 4.62. The Morgan fingerprint density at radius 1 is 1.33 bits per heavy atom. The second-order valence-corrected chi connectivity index (χ2v) is 4.86. The second-order valence-electron chi connectivity index (χ2n) is 4.86. The summed E-state index contributed by atoms with van der Waals surface area (Å²) in [4.78, 5) is 35.8. The van der Waals surface area contributed by atoms with Crippen molar-refractivity contribution in [3.8, 4) is 0 Å². The number of carboxylic acid groups (broad SMARTS) is 1. The number of benzene rings is 1. The minimum Gasteiger partial charge on any atom is -0.477 e. The number of fused-ring (bicyclic) bond motifs is 1. The van der Waals surface area contributed by atoms with Crippen molar-refractivity contribution < 1.29 is 19.5 Å². The predicted octanol–water partition coefficient (Wildman–Crippen LogP) is 1.32. The maximum Gasteiger partial charge on any atom is 0.352 e. The molecule has 0 aliphatic carbocycles. The maximum absolute atomic E-state index is 11.9. The molecule has 108 valence electrons. The zero-order chi connectivity index (χ0) is 15.1. The van der Waals surface area contributed by atoms with Crippen molar-refractivity contribution in [3.63, 3.8) is 0 Å². The molecule has 0 radical (unpaired) electrons. The third-order valence-electron chi connectivity index (χ3n) is 3.63. The van der Waals surface area contributed by atoms with Gasteiger partial charge in [0.05, 0.1) is 11.2 Å². The summed E-state index contributed by atoms with van der Waals surface area (Å²) in [5.41, 5.74) is 1.46. The maximum atomic E-state index is 11.9. The van der Waals surface area contributed by atoms with Gasteiger partial charge in [-0.05, 0) is 18.2 Å². The first-order valence-corrected chi connectivity index (χ1v) is 6.42. The third-order valence-corrected chi connectivity index (χ3v) is 3.63. The zero-order valence-corrected chi connectivity index (χ0v) is 11.3. The van der Waals surface area contributed by atoms with Crippen LogP contribution >= 0.6 is 0 Å². The lowest BCUT2D eigenvalue weighted by Crippen LogP contribution is -2.49. The summed E-state index contributed by atoms with van der Waals surface area (Å²) in [6.45, 7) is 0.279. The molecule has 2 heterocycles. The number of aromatic nitrogens is 1. The van der Waals surface area contributed by atoms with Crippen LogP contribution in [0.1, 0.15) is 16.9 Å². The first-order valence-electron chi connectivity index (χ1n) is 6.42. The molecule has 3 amide bonds. The first kappa shape index (κ1) is 13.2. The van der Waals surface area contributed by atoms with Crippen molar-refractivity contribution in [3.05, 3.63) is 30.0 Å². The summed E-state index contributed by atoms with van der Waals surface area (Å²) in [6.07, 6.45) is 0.223. The minimum atomic E-state index is -1.03. The Bertz CT molecular complexity index is 778. The molecule has 1 aromatic heterocycles. The number of aryl methyl sites for hydroxylation is 1. The Morgan fingerprint density at radius 2 is 2.10 bits per heavy atom. The quantitative estimate of drug-likeness (QED) is 0.871. The highest BCUT2D eigenvalue weighted by molar-refractivity contribution is 6.10. The van der Waals surface area contributed by atoms with Gasteiger partial charge in [0.15, 0.2) is 0 Å². The van der Waals surface area contributed by atoms with E-state index in [-0.39, 0.29) is 24.6 Å². The van der Waals surface area contributed by atoms with Gasteiger partial charge in [-0.3, -0.25) is 15.0 Å². The van der Waals surface area contributed by atoms with E-state index < -0.39 is 12.0 Å². The number of anilines is 1. The Morgan fingerprint density at radius 3 is 2.76 bits per heavy atom. The lowest BCUT2D eigenvalue weighted by Gasteiger charge is -2.27. The van der Waals surface area contributed by atoms with Crippen LogP contribution < -0.4 is 10.2 Å². The van der Waals surface area contributed by atoms with Crippen LogP contribution in [0.2, 0.25) is 0 Å². The molecule has 0 saturated carbocycles. The Hall–Kier alpha value is -2.83. The number of hydrogen-bond donors (Lipinski definition) is 2. The van der Waals surface area contributed by atoms with Crippen LogP contribution in [0.3, 0.4) is 0 Å². The van der Waals surface area contributed by atoms with Gasteiger partial charge in [0.25, 0.3) is 0 Å². The summed E-state index contributed by atoms with van der Waals surface area (Å²) in [7, 11) is 1.66. The lowest BCUT2D eigenvalue weighted by molar-refractivity contribution is -0.120. The van der Waals surface area contributed by atoms with Gasteiger partial charge in [-0.15, -0.1) is 0 Å². The number of hydrogen-bond acceptors (Lipinski definition) is 3. The monoisotopic (exact) mass is 287 g/mol. The van der Waals surface area contributed by atoms with Gasteiger partial charge < -0.3 is 9.67 Å². The number of nitrogens with zero attached hydrogens (tertiary/aromatic N) is 2. The Kier molecular flexibility index (Phi) is 2.90. The van der Waals surface area contributed by atoms with E-state index in [4.69, 9.17) is 0 Å². The molecular weight excluding hydrogens is 274 g/mol. The molecule has 1 aliphatic rings. The van der Waals surface area contributed by atoms with Crippen molar-refractivity contribution in [2.45, 2.75) is 6.42 Å². The summed E-state index contributed by atoms with van der Waals surface area (Å²) >= 11 is 0. The first-order chi connectivity index (χ1) is 9.99. The van der Waals surface area contributed by atoms with Crippen LogP contribution in [0.15, 0.2) is 24.3 Å². The standard InChI is InChI=1S/C14H13N3O4/c1-16-9-3-2-4-10(8(9)7-11(16)13(19)20)17-6-5-12(18)15-14(17)21/h2-4,7H,5-6H2,1H3,(H,19,20)(H,15,18,21).